The molecule has 0 aliphatic heterocycles. The first-order valence-electron chi connectivity index (χ1n) is 6.31. The number of fused-ring (bicyclic) bond motifs is 1. The summed E-state index contributed by atoms with van der Waals surface area (Å²) in [6.45, 7) is 2.91. The standard InChI is InChI=1S/C14H15N5/c1-2-16-13(14-17-9-18-19-14)12-8-15-7-10-5-3-4-6-11(10)12/h3-9,13,16H,2H2,1H3,(H,17,18,19). The van der Waals surface area contributed by atoms with Gasteiger partial charge in [0.1, 0.15) is 12.2 Å². The Balaban J connectivity index is 2.15. The van der Waals surface area contributed by atoms with Crippen molar-refractivity contribution in [2.24, 2.45) is 0 Å². The third kappa shape index (κ3) is 2.20. The molecule has 0 spiro atoms. The molecular weight excluding hydrogens is 238 g/mol. The molecule has 5 heteroatoms. The fourth-order valence-corrected chi connectivity index (χ4v) is 2.28. The molecular formula is C14H15N5. The zero-order valence-corrected chi connectivity index (χ0v) is 10.7. The van der Waals surface area contributed by atoms with Crippen LogP contribution in [0.2, 0.25) is 0 Å². The summed E-state index contributed by atoms with van der Waals surface area (Å²) in [6.07, 6.45) is 5.29. The van der Waals surface area contributed by atoms with Crippen molar-refractivity contribution in [1.82, 2.24) is 25.5 Å². The highest BCUT2D eigenvalue weighted by Gasteiger charge is 2.18. The Morgan fingerprint density at radius 2 is 2.16 bits per heavy atom. The number of H-pyrrole nitrogens is 1. The Kier molecular flexibility index (Phi) is 3.20. The quantitative estimate of drug-likeness (QED) is 0.747. The van der Waals surface area contributed by atoms with E-state index in [1.807, 2.05) is 24.5 Å². The highest BCUT2D eigenvalue weighted by atomic mass is 15.2. The molecule has 0 aliphatic rings. The van der Waals surface area contributed by atoms with Gasteiger partial charge in [0, 0.05) is 23.3 Å². The van der Waals surface area contributed by atoms with Crippen molar-refractivity contribution in [1.29, 1.82) is 0 Å². The first kappa shape index (κ1) is 11.8. The number of hydrogen-bond donors (Lipinski definition) is 2. The number of benzene rings is 1. The van der Waals surface area contributed by atoms with Crippen LogP contribution in [0.25, 0.3) is 10.8 Å². The van der Waals surface area contributed by atoms with Gasteiger partial charge in [-0.25, -0.2) is 4.98 Å². The molecule has 96 valence electrons. The lowest BCUT2D eigenvalue weighted by Gasteiger charge is -2.17. The van der Waals surface area contributed by atoms with E-state index in [1.165, 1.54) is 11.7 Å². The summed E-state index contributed by atoms with van der Waals surface area (Å²) in [5.74, 6) is 0.806. The average Bonchev–Trinajstić information content (AvgIpc) is 2.98. The van der Waals surface area contributed by atoms with E-state index in [9.17, 15) is 0 Å². The maximum Gasteiger partial charge on any atom is 0.146 e. The summed E-state index contributed by atoms with van der Waals surface area (Å²) in [5, 5.41) is 12.6. The number of rotatable bonds is 4. The van der Waals surface area contributed by atoms with Crippen molar-refractivity contribution in [3.05, 3.63) is 54.4 Å². The molecule has 5 nitrogen and oxygen atoms in total. The van der Waals surface area contributed by atoms with Gasteiger partial charge in [-0.15, -0.1) is 0 Å². The molecule has 1 unspecified atom stereocenters. The van der Waals surface area contributed by atoms with E-state index in [0.29, 0.717) is 0 Å². The van der Waals surface area contributed by atoms with Crippen LogP contribution < -0.4 is 5.32 Å². The lowest BCUT2D eigenvalue weighted by atomic mass is 10.0. The second-order valence-corrected chi connectivity index (χ2v) is 4.31. The Bertz CT molecular complexity index is 657. The van der Waals surface area contributed by atoms with E-state index in [4.69, 9.17) is 0 Å². The lowest BCUT2D eigenvalue weighted by molar-refractivity contribution is 0.602. The van der Waals surface area contributed by atoms with E-state index in [1.54, 1.807) is 0 Å². The van der Waals surface area contributed by atoms with Crippen LogP contribution in [0.1, 0.15) is 24.4 Å². The van der Waals surface area contributed by atoms with Crippen LogP contribution in [0, 0.1) is 0 Å². The van der Waals surface area contributed by atoms with Crippen LogP contribution in [0.15, 0.2) is 43.0 Å². The van der Waals surface area contributed by atoms with Crippen molar-refractivity contribution in [2.45, 2.75) is 13.0 Å². The second-order valence-electron chi connectivity index (χ2n) is 4.31. The summed E-state index contributed by atoms with van der Waals surface area (Å²) in [6, 6.07) is 8.20. The molecule has 1 aromatic carbocycles. The van der Waals surface area contributed by atoms with Gasteiger partial charge in [0.05, 0.1) is 6.04 Å². The zero-order valence-electron chi connectivity index (χ0n) is 10.7. The predicted octanol–water partition coefficient (Wildman–Crippen LogP) is 2.05. The van der Waals surface area contributed by atoms with E-state index in [2.05, 4.69) is 44.5 Å². The van der Waals surface area contributed by atoms with Gasteiger partial charge in [0.15, 0.2) is 0 Å². The third-order valence-electron chi connectivity index (χ3n) is 3.13. The number of hydrogen-bond acceptors (Lipinski definition) is 4. The molecule has 0 bridgehead atoms. The van der Waals surface area contributed by atoms with Crippen molar-refractivity contribution < 1.29 is 0 Å². The maximum atomic E-state index is 4.32. The van der Waals surface area contributed by atoms with Gasteiger partial charge < -0.3 is 5.32 Å². The molecule has 19 heavy (non-hydrogen) atoms. The van der Waals surface area contributed by atoms with Crippen molar-refractivity contribution in [3.8, 4) is 0 Å². The fraction of sp³-hybridized carbons (Fsp3) is 0.214. The normalized spacial score (nSPS) is 12.7. The minimum atomic E-state index is -0.0221. The van der Waals surface area contributed by atoms with Crippen molar-refractivity contribution in [3.63, 3.8) is 0 Å². The lowest BCUT2D eigenvalue weighted by Crippen LogP contribution is -2.23. The fourth-order valence-electron chi connectivity index (χ4n) is 2.28. The molecule has 1 atom stereocenters. The maximum absolute atomic E-state index is 4.32. The van der Waals surface area contributed by atoms with Crippen molar-refractivity contribution >= 4 is 10.8 Å². The topological polar surface area (TPSA) is 66.5 Å². The second kappa shape index (κ2) is 5.16. The third-order valence-corrected chi connectivity index (χ3v) is 3.13. The minimum absolute atomic E-state index is 0.0221. The van der Waals surface area contributed by atoms with E-state index in [0.717, 1.165) is 23.3 Å². The van der Waals surface area contributed by atoms with Crippen molar-refractivity contribution in [2.75, 3.05) is 6.54 Å². The van der Waals surface area contributed by atoms with Crippen LogP contribution >= 0.6 is 0 Å². The van der Waals surface area contributed by atoms with Gasteiger partial charge in [-0.05, 0) is 11.9 Å². The molecule has 0 radical (unpaired) electrons. The number of aromatic amines is 1. The van der Waals surface area contributed by atoms with Gasteiger partial charge in [-0.1, -0.05) is 31.2 Å². The highest BCUT2D eigenvalue weighted by Crippen LogP contribution is 2.25. The zero-order chi connectivity index (χ0) is 13.1. The number of nitrogens with one attached hydrogen (secondary N) is 2. The van der Waals surface area contributed by atoms with Gasteiger partial charge in [-0.2, -0.15) is 5.10 Å². The van der Waals surface area contributed by atoms with Gasteiger partial charge in [-0.3, -0.25) is 10.1 Å². The summed E-state index contributed by atoms with van der Waals surface area (Å²) < 4.78 is 0. The molecule has 0 aliphatic carbocycles. The Labute approximate surface area is 111 Å². The van der Waals surface area contributed by atoms with E-state index < -0.39 is 0 Å². The molecule has 3 aromatic rings. The molecule has 0 saturated heterocycles. The predicted molar refractivity (Wildman–Crippen MR) is 73.6 cm³/mol. The Morgan fingerprint density at radius 1 is 1.26 bits per heavy atom. The largest absolute Gasteiger partial charge is 0.304 e. The number of nitrogens with zero attached hydrogens (tertiary/aromatic N) is 3. The molecule has 3 rings (SSSR count). The van der Waals surface area contributed by atoms with Crippen LogP contribution in [-0.2, 0) is 0 Å². The van der Waals surface area contributed by atoms with E-state index in [-0.39, 0.29) is 6.04 Å². The highest BCUT2D eigenvalue weighted by molar-refractivity contribution is 5.85. The first-order chi connectivity index (χ1) is 9.40. The molecule has 2 heterocycles. The summed E-state index contributed by atoms with van der Waals surface area (Å²) in [7, 11) is 0. The van der Waals surface area contributed by atoms with Crippen LogP contribution in [0.4, 0.5) is 0 Å². The molecule has 0 amide bonds. The molecule has 0 saturated carbocycles. The van der Waals surface area contributed by atoms with Crippen LogP contribution in [-0.4, -0.2) is 26.7 Å². The van der Waals surface area contributed by atoms with Gasteiger partial charge >= 0.3 is 0 Å². The summed E-state index contributed by atoms with van der Waals surface area (Å²) >= 11 is 0. The Morgan fingerprint density at radius 3 is 2.95 bits per heavy atom. The SMILES string of the molecule is CCNC(c1ncn[nH]1)c1cncc2ccccc12. The monoisotopic (exact) mass is 253 g/mol. The van der Waals surface area contributed by atoms with Gasteiger partial charge in [0.2, 0.25) is 0 Å². The Hall–Kier alpha value is -2.27. The molecule has 2 aromatic heterocycles. The average molecular weight is 253 g/mol. The number of aromatic nitrogens is 4. The summed E-state index contributed by atoms with van der Waals surface area (Å²) in [5.41, 5.74) is 1.11. The number of pyridine rings is 1. The minimum Gasteiger partial charge on any atom is -0.304 e. The smallest absolute Gasteiger partial charge is 0.146 e. The van der Waals surface area contributed by atoms with Crippen LogP contribution in [0.3, 0.4) is 0 Å². The van der Waals surface area contributed by atoms with Gasteiger partial charge in [0.25, 0.3) is 0 Å². The van der Waals surface area contributed by atoms with Crippen LogP contribution in [0.5, 0.6) is 0 Å². The first-order valence-corrected chi connectivity index (χ1v) is 6.31. The molecule has 2 N–H and O–H groups in total. The molecule has 0 fully saturated rings. The van der Waals surface area contributed by atoms with E-state index >= 15 is 0 Å². The summed E-state index contributed by atoms with van der Waals surface area (Å²) in [4.78, 5) is 8.59.